The molecule has 0 fully saturated rings. The van der Waals surface area contributed by atoms with Crippen LogP contribution < -0.4 is 5.32 Å². The van der Waals surface area contributed by atoms with E-state index in [-0.39, 0.29) is 0 Å². The van der Waals surface area contributed by atoms with Crippen LogP contribution in [0.4, 0.5) is 0 Å². The van der Waals surface area contributed by atoms with Crippen LogP contribution in [0.1, 0.15) is 23.6 Å². The van der Waals surface area contributed by atoms with Crippen LogP contribution in [0.3, 0.4) is 0 Å². The molecule has 1 heteroatoms. The average molecular weight is 145 g/mol. The lowest BCUT2D eigenvalue weighted by Gasteiger charge is -2.07. The van der Waals surface area contributed by atoms with E-state index in [2.05, 4.69) is 29.6 Å². The highest BCUT2D eigenvalue weighted by molar-refractivity contribution is 5.34. The van der Waals surface area contributed by atoms with Crippen molar-refractivity contribution in [1.29, 1.82) is 0 Å². The van der Waals surface area contributed by atoms with Crippen LogP contribution in [0.5, 0.6) is 0 Å². The summed E-state index contributed by atoms with van der Waals surface area (Å²) in [5.41, 5.74) is 2.81. The molecule has 0 amide bonds. The Kier molecular flexibility index (Phi) is 1.66. The normalized spacial score (nSPS) is 21.7. The van der Waals surface area contributed by atoms with Gasteiger partial charge < -0.3 is 5.32 Å². The predicted octanol–water partition coefficient (Wildman–Crippen LogP) is 1.93. The van der Waals surface area contributed by atoms with Crippen molar-refractivity contribution in [3.8, 4) is 0 Å². The van der Waals surface area contributed by atoms with Crippen molar-refractivity contribution < 1.29 is 0 Å². The molecule has 0 aliphatic heterocycles. The lowest BCUT2D eigenvalue weighted by Crippen LogP contribution is -2.09. The van der Waals surface area contributed by atoms with E-state index in [9.17, 15) is 0 Å². The van der Waals surface area contributed by atoms with E-state index in [0.717, 1.165) is 12.8 Å². The number of rotatable bonds is 1. The molecule has 0 spiro atoms. The van der Waals surface area contributed by atoms with Gasteiger partial charge in [0.05, 0.1) is 0 Å². The molecule has 1 nitrogen and oxygen atoms in total. The number of nitrogens with one attached hydrogen (secondary N) is 1. The van der Waals surface area contributed by atoms with Crippen LogP contribution in [-0.4, -0.2) is 0 Å². The van der Waals surface area contributed by atoms with E-state index >= 15 is 0 Å². The van der Waals surface area contributed by atoms with Crippen molar-refractivity contribution in [2.24, 2.45) is 0 Å². The molecule has 1 aliphatic rings. The van der Waals surface area contributed by atoms with E-state index in [1.54, 1.807) is 0 Å². The fourth-order valence-corrected chi connectivity index (χ4v) is 1.73. The minimum absolute atomic E-state index is 0.381. The number of benzene rings is 1. The van der Waals surface area contributed by atoms with E-state index in [1.165, 1.54) is 11.1 Å². The second kappa shape index (κ2) is 2.67. The molecular formula is C10H11N. The monoisotopic (exact) mass is 145 g/mol. The third kappa shape index (κ3) is 1.05. The van der Waals surface area contributed by atoms with Crippen molar-refractivity contribution in [3.05, 3.63) is 42.4 Å². The molecule has 0 saturated heterocycles. The molecular weight excluding hydrogens is 134 g/mol. The maximum absolute atomic E-state index is 5.40. The van der Waals surface area contributed by atoms with Gasteiger partial charge in [0, 0.05) is 13.1 Å². The summed E-state index contributed by atoms with van der Waals surface area (Å²) in [6.45, 7) is 0. The van der Waals surface area contributed by atoms with E-state index < -0.39 is 0 Å². The van der Waals surface area contributed by atoms with Gasteiger partial charge in [-0.05, 0) is 24.0 Å². The fraction of sp³-hybridized carbons (Fsp3) is 0.300. The summed E-state index contributed by atoms with van der Waals surface area (Å²) < 4.78 is 0. The molecule has 1 unspecified atom stereocenters. The minimum atomic E-state index is 0.381. The third-order valence-electron chi connectivity index (χ3n) is 2.33. The predicted molar refractivity (Wildman–Crippen MR) is 44.9 cm³/mol. The summed E-state index contributed by atoms with van der Waals surface area (Å²) in [4.78, 5) is 0. The topological polar surface area (TPSA) is 12.0 Å². The summed E-state index contributed by atoms with van der Waals surface area (Å²) in [6, 6.07) is 8.84. The van der Waals surface area contributed by atoms with Crippen LogP contribution in [0.2, 0.25) is 0 Å². The Bertz CT molecular complexity index is 255. The first-order chi connectivity index (χ1) is 5.42. The van der Waals surface area contributed by atoms with E-state index in [1.807, 2.05) is 0 Å². The first-order valence-corrected chi connectivity index (χ1v) is 3.96. The smallest absolute Gasteiger partial charge is 0.0412 e. The molecule has 56 valence electrons. The van der Waals surface area contributed by atoms with E-state index in [0.29, 0.717) is 6.04 Å². The van der Waals surface area contributed by atoms with Crippen LogP contribution in [-0.2, 0) is 6.42 Å². The second-order valence-electron chi connectivity index (χ2n) is 2.96. The van der Waals surface area contributed by atoms with Crippen molar-refractivity contribution >= 4 is 0 Å². The number of aryl methyl sites for hydroxylation is 1. The van der Waals surface area contributed by atoms with Gasteiger partial charge in [0.1, 0.15) is 0 Å². The largest absolute Gasteiger partial charge is 0.304 e. The zero-order chi connectivity index (χ0) is 7.68. The zero-order valence-corrected chi connectivity index (χ0v) is 6.38. The van der Waals surface area contributed by atoms with Gasteiger partial charge in [0.15, 0.2) is 0 Å². The molecule has 1 atom stereocenters. The molecule has 1 aliphatic carbocycles. The Hall–Kier alpha value is -0.820. The van der Waals surface area contributed by atoms with Gasteiger partial charge in [-0.25, -0.2) is 0 Å². The first kappa shape index (κ1) is 6.86. The Labute approximate surface area is 67.4 Å². The average Bonchev–Trinajstić information content (AvgIpc) is 2.47. The highest BCUT2D eigenvalue weighted by Gasteiger charge is 2.19. The van der Waals surface area contributed by atoms with Crippen molar-refractivity contribution in [1.82, 2.24) is 5.32 Å². The highest BCUT2D eigenvalue weighted by atomic mass is 14.9. The van der Waals surface area contributed by atoms with E-state index in [4.69, 9.17) is 7.05 Å². The maximum Gasteiger partial charge on any atom is 0.0412 e. The van der Waals surface area contributed by atoms with Crippen LogP contribution in [0.15, 0.2) is 24.3 Å². The molecule has 2 radical (unpaired) electrons. The van der Waals surface area contributed by atoms with Gasteiger partial charge in [-0.1, -0.05) is 24.3 Å². The standard InChI is InChI=1S/C10H11N/c1-11-10-7-6-8-4-2-3-5-9(8)10/h1-5,10-11H,6-7H2. The third-order valence-corrected chi connectivity index (χ3v) is 2.33. The van der Waals surface area contributed by atoms with Crippen LogP contribution >= 0.6 is 0 Å². The van der Waals surface area contributed by atoms with Crippen LogP contribution in [0, 0.1) is 7.05 Å². The zero-order valence-electron chi connectivity index (χ0n) is 6.38. The summed E-state index contributed by atoms with van der Waals surface area (Å²) in [5.74, 6) is 0. The number of fused-ring (bicyclic) bond motifs is 1. The van der Waals surface area contributed by atoms with Gasteiger partial charge in [0.25, 0.3) is 0 Å². The SMILES string of the molecule is [CH]NC1CCc2ccccc21. The molecule has 1 aromatic rings. The Morgan fingerprint density at radius 1 is 1.36 bits per heavy atom. The molecule has 0 bridgehead atoms. The maximum atomic E-state index is 5.40. The molecule has 2 rings (SSSR count). The first-order valence-electron chi connectivity index (χ1n) is 3.96. The number of hydrogen-bond donors (Lipinski definition) is 1. The molecule has 0 heterocycles. The van der Waals surface area contributed by atoms with Gasteiger partial charge in [-0.3, -0.25) is 0 Å². The van der Waals surface area contributed by atoms with Crippen molar-refractivity contribution in [3.63, 3.8) is 0 Å². The second-order valence-corrected chi connectivity index (χ2v) is 2.96. The molecule has 1 N–H and O–H groups in total. The van der Waals surface area contributed by atoms with Gasteiger partial charge in [-0.2, -0.15) is 0 Å². The Balaban J connectivity index is 2.39. The Morgan fingerprint density at radius 2 is 2.18 bits per heavy atom. The lowest BCUT2D eigenvalue weighted by molar-refractivity contribution is 0.614. The van der Waals surface area contributed by atoms with Crippen molar-refractivity contribution in [2.45, 2.75) is 18.9 Å². The summed E-state index contributed by atoms with van der Waals surface area (Å²) in [7, 11) is 5.40. The van der Waals surface area contributed by atoms with Gasteiger partial charge >= 0.3 is 0 Å². The molecule has 11 heavy (non-hydrogen) atoms. The minimum Gasteiger partial charge on any atom is -0.304 e. The molecule has 0 aromatic heterocycles. The summed E-state index contributed by atoms with van der Waals surface area (Å²) in [6.07, 6.45) is 2.29. The Morgan fingerprint density at radius 3 is 3.00 bits per heavy atom. The highest BCUT2D eigenvalue weighted by Crippen LogP contribution is 2.29. The van der Waals surface area contributed by atoms with Gasteiger partial charge in [-0.15, -0.1) is 0 Å². The lowest BCUT2D eigenvalue weighted by atomic mass is 10.1. The molecule has 1 aromatic carbocycles. The van der Waals surface area contributed by atoms with Crippen molar-refractivity contribution in [2.75, 3.05) is 0 Å². The van der Waals surface area contributed by atoms with Crippen LogP contribution in [0.25, 0.3) is 0 Å². The summed E-state index contributed by atoms with van der Waals surface area (Å²) in [5, 5.41) is 2.82. The number of hydrogen-bond acceptors (Lipinski definition) is 1. The van der Waals surface area contributed by atoms with Gasteiger partial charge in [0.2, 0.25) is 0 Å². The quantitative estimate of drug-likeness (QED) is 0.595. The summed E-state index contributed by atoms with van der Waals surface area (Å²) >= 11 is 0. The fourth-order valence-electron chi connectivity index (χ4n) is 1.73. The molecule has 0 saturated carbocycles.